The van der Waals surface area contributed by atoms with E-state index in [4.69, 9.17) is 5.11 Å². The first kappa shape index (κ1) is 11.9. The molecule has 1 aliphatic rings. The molecule has 1 aromatic rings. The molecule has 1 atom stereocenters. The molecule has 0 aliphatic carbocycles. The molecule has 1 aromatic carbocycles. The van der Waals surface area contributed by atoms with Crippen molar-refractivity contribution in [1.29, 1.82) is 0 Å². The molecule has 0 saturated heterocycles. The summed E-state index contributed by atoms with van der Waals surface area (Å²) < 4.78 is 24.7. The van der Waals surface area contributed by atoms with E-state index < -0.39 is 9.84 Å². The van der Waals surface area contributed by atoms with E-state index in [1.165, 1.54) is 0 Å². The van der Waals surface area contributed by atoms with Gasteiger partial charge in [-0.15, -0.1) is 0 Å². The Labute approximate surface area is 103 Å². The van der Waals surface area contributed by atoms with Crippen molar-refractivity contribution in [3.8, 4) is 0 Å². The number of hydrogen-bond acceptors (Lipinski definition) is 4. The number of sulfone groups is 1. The van der Waals surface area contributed by atoms with Gasteiger partial charge in [-0.05, 0) is 34.5 Å². The summed E-state index contributed by atoms with van der Waals surface area (Å²) in [5.41, 5.74) is 0.604. The summed E-state index contributed by atoms with van der Waals surface area (Å²) in [6.07, 6.45) is 0.431. The van der Waals surface area contributed by atoms with Gasteiger partial charge in [-0.25, -0.2) is 8.42 Å². The average Bonchev–Trinajstić information content (AvgIpc) is 2.19. The van der Waals surface area contributed by atoms with Crippen molar-refractivity contribution in [1.82, 2.24) is 0 Å². The molecule has 0 fully saturated rings. The second-order valence-corrected chi connectivity index (χ2v) is 6.60. The second-order valence-electron chi connectivity index (χ2n) is 3.75. The van der Waals surface area contributed by atoms with E-state index >= 15 is 0 Å². The predicted octanol–water partition coefficient (Wildman–Crippen LogP) is 1.40. The highest BCUT2D eigenvalue weighted by molar-refractivity contribution is 9.10. The second kappa shape index (κ2) is 4.35. The van der Waals surface area contributed by atoms with Gasteiger partial charge in [0.25, 0.3) is 0 Å². The van der Waals surface area contributed by atoms with Gasteiger partial charge in [0.1, 0.15) is 0 Å². The molecule has 0 radical (unpaired) electrons. The van der Waals surface area contributed by atoms with Gasteiger partial charge in [0.05, 0.1) is 16.3 Å². The standard InChI is InChI=1S/C10H12BrNO3S/c11-8-2-1-3-9-10(8)12-7(4-5-13)6-16(9,14)15/h1-3,7,12-13H,4-6H2. The van der Waals surface area contributed by atoms with Crippen LogP contribution in [-0.4, -0.2) is 31.9 Å². The maximum Gasteiger partial charge on any atom is 0.182 e. The first-order valence-corrected chi connectivity index (χ1v) is 7.38. The van der Waals surface area contributed by atoms with Crippen LogP contribution in [-0.2, 0) is 9.84 Å². The highest BCUT2D eigenvalue weighted by atomic mass is 79.9. The van der Waals surface area contributed by atoms with Crippen LogP contribution in [0.15, 0.2) is 27.6 Å². The summed E-state index contributed by atoms with van der Waals surface area (Å²) in [6.45, 7) is -0.0209. The Kier molecular flexibility index (Phi) is 3.23. The summed E-state index contributed by atoms with van der Waals surface area (Å²) in [4.78, 5) is 0.330. The SMILES string of the molecule is O=S1(=O)CC(CCO)Nc2c(Br)cccc21. The van der Waals surface area contributed by atoms with Crippen LogP contribution in [0.2, 0.25) is 0 Å². The van der Waals surface area contributed by atoms with Crippen LogP contribution in [0.4, 0.5) is 5.69 Å². The summed E-state index contributed by atoms with van der Waals surface area (Å²) in [6, 6.07) is 4.87. The number of anilines is 1. The van der Waals surface area contributed by atoms with Crippen molar-refractivity contribution in [2.45, 2.75) is 17.4 Å². The molecule has 0 spiro atoms. The third kappa shape index (κ3) is 2.09. The number of fused-ring (bicyclic) bond motifs is 1. The van der Waals surface area contributed by atoms with Crippen LogP contribution < -0.4 is 5.32 Å². The van der Waals surface area contributed by atoms with Gasteiger partial charge in [-0.1, -0.05) is 6.07 Å². The van der Waals surface area contributed by atoms with Gasteiger partial charge in [-0.2, -0.15) is 0 Å². The molecule has 0 bridgehead atoms. The lowest BCUT2D eigenvalue weighted by Crippen LogP contribution is -2.35. The molecule has 16 heavy (non-hydrogen) atoms. The van der Waals surface area contributed by atoms with E-state index in [2.05, 4.69) is 21.2 Å². The lowest BCUT2D eigenvalue weighted by atomic mass is 10.2. The van der Waals surface area contributed by atoms with Gasteiger partial charge in [0.15, 0.2) is 9.84 Å². The molecular formula is C10H12BrNO3S. The Bertz CT molecular complexity index is 501. The Morgan fingerprint density at radius 1 is 1.50 bits per heavy atom. The molecule has 1 heterocycles. The van der Waals surface area contributed by atoms with Crippen LogP contribution in [0.3, 0.4) is 0 Å². The van der Waals surface area contributed by atoms with E-state index in [0.717, 1.165) is 4.47 Å². The van der Waals surface area contributed by atoms with Crippen LogP contribution in [0.1, 0.15) is 6.42 Å². The third-order valence-corrected chi connectivity index (χ3v) is 5.07. The Hall–Kier alpha value is -0.590. The fourth-order valence-electron chi connectivity index (χ4n) is 1.82. The Balaban J connectivity index is 2.48. The van der Waals surface area contributed by atoms with Gasteiger partial charge in [0.2, 0.25) is 0 Å². The molecule has 2 rings (SSSR count). The highest BCUT2D eigenvalue weighted by Crippen LogP contribution is 2.35. The van der Waals surface area contributed by atoms with Crippen molar-refractivity contribution in [3.63, 3.8) is 0 Å². The van der Waals surface area contributed by atoms with Gasteiger partial charge in [-0.3, -0.25) is 0 Å². The first-order chi connectivity index (χ1) is 7.54. The summed E-state index contributed by atoms with van der Waals surface area (Å²) >= 11 is 3.32. The van der Waals surface area contributed by atoms with Crippen molar-refractivity contribution >= 4 is 31.5 Å². The topological polar surface area (TPSA) is 66.4 Å². The fourth-order valence-corrected chi connectivity index (χ4v) is 4.15. The summed E-state index contributed by atoms with van der Waals surface area (Å²) in [5.74, 6) is 0.0387. The zero-order chi connectivity index (χ0) is 11.8. The molecule has 0 amide bonds. The molecule has 88 valence electrons. The zero-order valence-corrected chi connectivity index (χ0v) is 10.9. The zero-order valence-electron chi connectivity index (χ0n) is 8.48. The number of para-hydroxylation sites is 1. The van der Waals surface area contributed by atoms with E-state index in [1.807, 2.05) is 0 Å². The molecular weight excluding hydrogens is 294 g/mol. The lowest BCUT2D eigenvalue weighted by molar-refractivity contribution is 0.282. The maximum atomic E-state index is 12.0. The normalized spacial score (nSPS) is 22.2. The average molecular weight is 306 g/mol. The van der Waals surface area contributed by atoms with Crippen LogP contribution in [0.25, 0.3) is 0 Å². The number of nitrogens with one attached hydrogen (secondary N) is 1. The van der Waals surface area contributed by atoms with Crippen LogP contribution in [0, 0.1) is 0 Å². The van der Waals surface area contributed by atoms with Crippen molar-refractivity contribution in [2.75, 3.05) is 17.7 Å². The molecule has 1 unspecified atom stereocenters. The van der Waals surface area contributed by atoms with Gasteiger partial charge in [0, 0.05) is 17.1 Å². The Morgan fingerprint density at radius 2 is 2.25 bits per heavy atom. The highest BCUT2D eigenvalue weighted by Gasteiger charge is 2.30. The molecule has 1 aliphatic heterocycles. The number of halogens is 1. The van der Waals surface area contributed by atoms with Crippen molar-refractivity contribution in [2.24, 2.45) is 0 Å². The van der Waals surface area contributed by atoms with E-state index in [0.29, 0.717) is 17.0 Å². The van der Waals surface area contributed by atoms with Gasteiger partial charge >= 0.3 is 0 Å². The molecule has 0 aromatic heterocycles. The quantitative estimate of drug-likeness (QED) is 0.867. The third-order valence-electron chi connectivity index (χ3n) is 2.56. The van der Waals surface area contributed by atoms with Gasteiger partial charge < -0.3 is 10.4 Å². The smallest absolute Gasteiger partial charge is 0.182 e. The molecule has 0 saturated carbocycles. The number of benzene rings is 1. The van der Waals surface area contributed by atoms with Crippen molar-refractivity contribution in [3.05, 3.63) is 22.7 Å². The van der Waals surface area contributed by atoms with E-state index in [-0.39, 0.29) is 18.4 Å². The number of hydrogen-bond donors (Lipinski definition) is 2. The van der Waals surface area contributed by atoms with Crippen molar-refractivity contribution < 1.29 is 13.5 Å². The Morgan fingerprint density at radius 3 is 2.94 bits per heavy atom. The van der Waals surface area contributed by atoms with Crippen LogP contribution in [0.5, 0.6) is 0 Å². The monoisotopic (exact) mass is 305 g/mol. The number of aliphatic hydroxyl groups is 1. The maximum absolute atomic E-state index is 12.0. The minimum Gasteiger partial charge on any atom is -0.396 e. The largest absolute Gasteiger partial charge is 0.396 e. The molecule has 2 N–H and O–H groups in total. The van der Waals surface area contributed by atoms with E-state index in [1.54, 1.807) is 18.2 Å². The molecule has 6 heteroatoms. The van der Waals surface area contributed by atoms with E-state index in [9.17, 15) is 8.42 Å². The van der Waals surface area contributed by atoms with Crippen LogP contribution >= 0.6 is 15.9 Å². The first-order valence-electron chi connectivity index (χ1n) is 4.93. The number of aliphatic hydroxyl groups excluding tert-OH is 1. The summed E-state index contributed by atoms with van der Waals surface area (Å²) in [7, 11) is -3.24. The minimum atomic E-state index is -3.24. The summed E-state index contributed by atoms with van der Waals surface area (Å²) in [5, 5.41) is 12.0. The lowest BCUT2D eigenvalue weighted by Gasteiger charge is -2.27. The molecule has 4 nitrogen and oxygen atoms in total. The fraction of sp³-hybridized carbons (Fsp3) is 0.400. The predicted molar refractivity (Wildman–Crippen MR) is 65.3 cm³/mol. The number of rotatable bonds is 2. The minimum absolute atomic E-state index is 0.0209.